The zero-order valence-electron chi connectivity index (χ0n) is 10.0. The molecule has 0 radical (unpaired) electrons. The Labute approximate surface area is 145 Å². The summed E-state index contributed by atoms with van der Waals surface area (Å²) in [5.41, 5.74) is 5.27. The number of hydrogen-bond acceptors (Lipinski definition) is 2. The summed E-state index contributed by atoms with van der Waals surface area (Å²) in [6.45, 7) is 0. The summed E-state index contributed by atoms with van der Waals surface area (Å²) in [7, 11) is 0. The van der Waals surface area contributed by atoms with E-state index in [1.165, 1.54) is 9.13 Å². The SMILES string of the molecule is NNC(Cc1ccc(I)cc1)c1cc(Cl)ccc1I. The van der Waals surface area contributed by atoms with Gasteiger partial charge in [0, 0.05) is 12.2 Å². The Morgan fingerprint density at radius 2 is 1.79 bits per heavy atom. The van der Waals surface area contributed by atoms with Gasteiger partial charge in [-0.2, -0.15) is 0 Å². The van der Waals surface area contributed by atoms with Gasteiger partial charge in [-0.3, -0.25) is 11.3 Å². The number of halogens is 3. The summed E-state index contributed by atoms with van der Waals surface area (Å²) < 4.78 is 2.39. The zero-order valence-corrected chi connectivity index (χ0v) is 15.1. The lowest BCUT2D eigenvalue weighted by atomic mass is 9.99. The Morgan fingerprint density at radius 1 is 1.11 bits per heavy atom. The van der Waals surface area contributed by atoms with Crippen LogP contribution >= 0.6 is 56.8 Å². The average Bonchev–Trinajstić information content (AvgIpc) is 2.41. The first-order valence-corrected chi connectivity index (χ1v) is 8.29. The van der Waals surface area contributed by atoms with Gasteiger partial charge in [-0.1, -0.05) is 23.7 Å². The van der Waals surface area contributed by atoms with Crippen LogP contribution in [0.4, 0.5) is 0 Å². The first-order chi connectivity index (χ1) is 9.10. The van der Waals surface area contributed by atoms with Gasteiger partial charge < -0.3 is 0 Å². The molecule has 19 heavy (non-hydrogen) atoms. The highest BCUT2D eigenvalue weighted by Crippen LogP contribution is 2.26. The quantitative estimate of drug-likeness (QED) is 0.375. The highest BCUT2D eigenvalue weighted by atomic mass is 127. The molecule has 0 fully saturated rings. The zero-order chi connectivity index (χ0) is 13.8. The fraction of sp³-hybridized carbons (Fsp3) is 0.143. The van der Waals surface area contributed by atoms with Crippen LogP contribution in [0.1, 0.15) is 17.2 Å². The maximum Gasteiger partial charge on any atom is 0.0511 e. The number of rotatable bonds is 4. The van der Waals surface area contributed by atoms with Gasteiger partial charge in [-0.25, -0.2) is 0 Å². The first-order valence-electron chi connectivity index (χ1n) is 5.75. The van der Waals surface area contributed by atoms with Gasteiger partial charge in [-0.15, -0.1) is 0 Å². The second-order valence-electron chi connectivity index (χ2n) is 4.22. The first kappa shape index (κ1) is 15.5. The minimum absolute atomic E-state index is 0.0608. The summed E-state index contributed by atoms with van der Waals surface area (Å²) in [4.78, 5) is 0. The molecular formula is C14H13ClI2N2. The standard InChI is InChI=1S/C14H13ClI2N2/c15-10-3-6-13(17)12(8-10)14(19-18)7-9-1-4-11(16)5-2-9/h1-6,8,14,19H,7,18H2. The molecule has 0 bridgehead atoms. The molecule has 3 N–H and O–H groups in total. The smallest absolute Gasteiger partial charge is 0.0511 e. The molecular weight excluding hydrogens is 485 g/mol. The predicted octanol–water partition coefficient (Wildman–Crippen LogP) is 4.30. The van der Waals surface area contributed by atoms with E-state index in [9.17, 15) is 0 Å². The molecule has 0 aromatic heterocycles. The van der Waals surface area contributed by atoms with Crippen molar-refractivity contribution in [2.45, 2.75) is 12.5 Å². The van der Waals surface area contributed by atoms with Crippen molar-refractivity contribution < 1.29 is 0 Å². The third kappa shape index (κ3) is 4.29. The van der Waals surface area contributed by atoms with E-state index in [-0.39, 0.29) is 6.04 Å². The van der Waals surface area contributed by atoms with Gasteiger partial charge in [0.25, 0.3) is 0 Å². The van der Waals surface area contributed by atoms with Gasteiger partial charge in [-0.05, 0) is 93.1 Å². The summed E-state index contributed by atoms with van der Waals surface area (Å²) >= 11 is 10.7. The van der Waals surface area contributed by atoms with Crippen LogP contribution in [0.15, 0.2) is 42.5 Å². The molecule has 0 saturated heterocycles. The topological polar surface area (TPSA) is 38.0 Å². The predicted molar refractivity (Wildman–Crippen MR) is 97.1 cm³/mol. The number of nitrogens with two attached hydrogens (primary N) is 1. The molecule has 0 amide bonds. The highest BCUT2D eigenvalue weighted by molar-refractivity contribution is 14.1. The normalized spacial score (nSPS) is 12.4. The lowest BCUT2D eigenvalue weighted by molar-refractivity contribution is 0.550. The van der Waals surface area contributed by atoms with Gasteiger partial charge in [0.15, 0.2) is 0 Å². The monoisotopic (exact) mass is 498 g/mol. The Balaban J connectivity index is 2.24. The van der Waals surface area contributed by atoms with E-state index < -0.39 is 0 Å². The minimum Gasteiger partial charge on any atom is -0.271 e. The van der Waals surface area contributed by atoms with E-state index in [1.807, 2.05) is 18.2 Å². The summed E-state index contributed by atoms with van der Waals surface area (Å²) in [5, 5.41) is 0.735. The van der Waals surface area contributed by atoms with Crippen LogP contribution in [-0.2, 0) is 6.42 Å². The number of hydrazine groups is 1. The van der Waals surface area contributed by atoms with Crippen LogP contribution in [0.25, 0.3) is 0 Å². The molecule has 2 nitrogen and oxygen atoms in total. The van der Waals surface area contributed by atoms with Crippen molar-refractivity contribution in [2.75, 3.05) is 0 Å². The van der Waals surface area contributed by atoms with Crippen molar-refractivity contribution in [3.63, 3.8) is 0 Å². The van der Waals surface area contributed by atoms with Crippen LogP contribution < -0.4 is 11.3 Å². The fourth-order valence-corrected chi connectivity index (χ4v) is 3.15. The summed E-state index contributed by atoms with van der Waals surface area (Å²) in [6, 6.07) is 14.4. The molecule has 0 aliphatic carbocycles. The summed E-state index contributed by atoms with van der Waals surface area (Å²) in [5.74, 6) is 5.70. The largest absolute Gasteiger partial charge is 0.271 e. The van der Waals surface area contributed by atoms with E-state index in [1.54, 1.807) is 0 Å². The lowest BCUT2D eigenvalue weighted by Gasteiger charge is -2.18. The molecule has 0 heterocycles. The third-order valence-electron chi connectivity index (χ3n) is 2.89. The fourth-order valence-electron chi connectivity index (χ4n) is 1.90. The molecule has 0 aliphatic rings. The molecule has 1 unspecified atom stereocenters. The Kier molecular flexibility index (Phi) is 5.88. The van der Waals surface area contributed by atoms with Crippen molar-refractivity contribution in [1.29, 1.82) is 0 Å². The molecule has 100 valence electrons. The van der Waals surface area contributed by atoms with Crippen LogP contribution in [0.3, 0.4) is 0 Å². The average molecular weight is 499 g/mol. The molecule has 1 atom stereocenters. The Hall–Kier alpha value is 0.110. The van der Waals surface area contributed by atoms with E-state index in [4.69, 9.17) is 17.4 Å². The van der Waals surface area contributed by atoms with Crippen LogP contribution in [-0.4, -0.2) is 0 Å². The van der Waals surface area contributed by atoms with Crippen LogP contribution in [0.2, 0.25) is 5.02 Å². The number of nitrogens with one attached hydrogen (secondary N) is 1. The molecule has 2 aromatic rings. The van der Waals surface area contributed by atoms with E-state index in [2.05, 4.69) is 74.9 Å². The van der Waals surface area contributed by atoms with Crippen molar-refractivity contribution in [1.82, 2.24) is 5.43 Å². The highest BCUT2D eigenvalue weighted by Gasteiger charge is 2.14. The summed E-state index contributed by atoms with van der Waals surface area (Å²) in [6.07, 6.45) is 0.837. The van der Waals surface area contributed by atoms with Crippen molar-refractivity contribution >= 4 is 56.8 Å². The second kappa shape index (κ2) is 7.21. The van der Waals surface area contributed by atoms with Crippen LogP contribution in [0, 0.1) is 7.14 Å². The second-order valence-corrected chi connectivity index (χ2v) is 7.06. The van der Waals surface area contributed by atoms with Gasteiger partial charge in [0.2, 0.25) is 0 Å². The molecule has 2 rings (SSSR count). The van der Waals surface area contributed by atoms with E-state index in [0.717, 1.165) is 20.6 Å². The molecule has 0 aliphatic heterocycles. The molecule has 5 heteroatoms. The van der Waals surface area contributed by atoms with Crippen molar-refractivity contribution in [3.8, 4) is 0 Å². The van der Waals surface area contributed by atoms with Crippen molar-refractivity contribution in [2.24, 2.45) is 5.84 Å². The molecule has 0 saturated carbocycles. The van der Waals surface area contributed by atoms with Crippen LogP contribution in [0.5, 0.6) is 0 Å². The maximum atomic E-state index is 6.07. The Morgan fingerprint density at radius 3 is 2.42 bits per heavy atom. The van der Waals surface area contributed by atoms with E-state index in [0.29, 0.717) is 0 Å². The minimum atomic E-state index is 0.0608. The third-order valence-corrected chi connectivity index (χ3v) is 4.82. The number of hydrogen-bond donors (Lipinski definition) is 2. The van der Waals surface area contributed by atoms with Gasteiger partial charge >= 0.3 is 0 Å². The van der Waals surface area contributed by atoms with Crippen molar-refractivity contribution in [3.05, 3.63) is 65.8 Å². The molecule has 0 spiro atoms. The van der Waals surface area contributed by atoms with E-state index >= 15 is 0 Å². The number of benzene rings is 2. The maximum absolute atomic E-state index is 6.07. The lowest BCUT2D eigenvalue weighted by Crippen LogP contribution is -2.30. The van der Waals surface area contributed by atoms with Gasteiger partial charge in [0.1, 0.15) is 0 Å². The molecule has 2 aromatic carbocycles. The Bertz CT molecular complexity index is 558. The van der Waals surface area contributed by atoms with Gasteiger partial charge in [0.05, 0.1) is 6.04 Å².